The molecule has 1 aromatic carbocycles. The highest BCUT2D eigenvalue weighted by Gasteiger charge is 2.23. The highest BCUT2D eigenvalue weighted by molar-refractivity contribution is 14.1. The fourth-order valence-corrected chi connectivity index (χ4v) is 2.04. The van der Waals surface area contributed by atoms with Gasteiger partial charge in [-0.15, -0.1) is 0 Å². The van der Waals surface area contributed by atoms with Gasteiger partial charge in [-0.3, -0.25) is 4.79 Å². The molecular weight excluding hydrogens is 291 g/mol. The average molecular weight is 302 g/mol. The van der Waals surface area contributed by atoms with Crippen molar-refractivity contribution in [3.8, 4) is 0 Å². The summed E-state index contributed by atoms with van der Waals surface area (Å²) in [4.78, 5) is 11.3. The van der Waals surface area contributed by atoms with Crippen molar-refractivity contribution in [1.82, 2.24) is 5.32 Å². The normalized spacial score (nSPS) is 20.6. The zero-order valence-electron chi connectivity index (χ0n) is 7.59. The van der Waals surface area contributed by atoms with Gasteiger partial charge in [-0.25, -0.2) is 0 Å². The van der Waals surface area contributed by atoms with Crippen molar-refractivity contribution in [2.24, 2.45) is 0 Å². The third kappa shape index (κ3) is 2.00. The number of rotatable bonds is 2. The zero-order valence-corrected chi connectivity index (χ0v) is 9.74. The fourth-order valence-electron chi connectivity index (χ4n) is 1.50. The highest BCUT2D eigenvalue weighted by Crippen LogP contribution is 2.19. The van der Waals surface area contributed by atoms with Gasteiger partial charge in [0.05, 0.1) is 0 Å². The molecule has 0 radical (unpaired) electrons. The lowest BCUT2D eigenvalue weighted by Gasteiger charge is -2.12. The first-order chi connectivity index (χ1) is 6.77. The molecule has 3 nitrogen and oxygen atoms in total. The molecule has 1 atom stereocenters. The van der Waals surface area contributed by atoms with E-state index in [1.807, 2.05) is 24.3 Å². The molecule has 1 saturated heterocycles. The minimum absolute atomic E-state index is 0.0640. The molecule has 1 aliphatic rings. The van der Waals surface area contributed by atoms with E-state index < -0.39 is 0 Å². The van der Waals surface area contributed by atoms with Crippen molar-refractivity contribution in [3.63, 3.8) is 0 Å². The lowest BCUT2D eigenvalue weighted by Crippen LogP contribution is -2.29. The van der Waals surface area contributed by atoms with E-state index in [2.05, 4.69) is 33.2 Å². The molecule has 1 amide bonds. The van der Waals surface area contributed by atoms with Crippen LogP contribution >= 0.6 is 22.6 Å². The summed E-state index contributed by atoms with van der Waals surface area (Å²) in [6.45, 7) is 0.778. The topological polar surface area (TPSA) is 41.1 Å². The molecule has 14 heavy (non-hydrogen) atoms. The van der Waals surface area contributed by atoms with Gasteiger partial charge in [-0.2, -0.15) is 0 Å². The van der Waals surface area contributed by atoms with Crippen LogP contribution in [0.15, 0.2) is 24.3 Å². The van der Waals surface area contributed by atoms with Crippen molar-refractivity contribution in [2.75, 3.05) is 11.9 Å². The molecule has 2 N–H and O–H groups in total. The number of amides is 1. The summed E-state index contributed by atoms with van der Waals surface area (Å²) < 4.78 is 1.14. The van der Waals surface area contributed by atoms with Crippen LogP contribution in [0.1, 0.15) is 6.42 Å². The SMILES string of the molecule is O=C1NCCC1Nc1ccccc1I. The van der Waals surface area contributed by atoms with Gasteiger partial charge in [0.2, 0.25) is 5.91 Å². The van der Waals surface area contributed by atoms with Gasteiger partial charge in [-0.1, -0.05) is 12.1 Å². The predicted molar refractivity (Wildman–Crippen MR) is 64.2 cm³/mol. The maximum atomic E-state index is 11.3. The third-order valence-corrected chi connectivity index (χ3v) is 3.19. The first-order valence-corrected chi connectivity index (χ1v) is 5.64. The second-order valence-corrected chi connectivity index (χ2v) is 4.42. The molecule has 1 unspecified atom stereocenters. The van der Waals surface area contributed by atoms with Crippen molar-refractivity contribution in [3.05, 3.63) is 27.8 Å². The smallest absolute Gasteiger partial charge is 0.242 e. The molecule has 74 valence electrons. The Labute approximate surface area is 96.4 Å². The van der Waals surface area contributed by atoms with Crippen molar-refractivity contribution in [2.45, 2.75) is 12.5 Å². The molecule has 0 bridgehead atoms. The van der Waals surface area contributed by atoms with Crippen LogP contribution in [0.4, 0.5) is 5.69 Å². The molecular formula is C10H11IN2O. The van der Waals surface area contributed by atoms with Gasteiger partial charge < -0.3 is 10.6 Å². The first kappa shape index (κ1) is 9.76. The number of carbonyl (C=O) groups is 1. The summed E-state index contributed by atoms with van der Waals surface area (Å²) >= 11 is 2.26. The molecule has 4 heteroatoms. The second kappa shape index (κ2) is 4.16. The molecule has 0 aromatic heterocycles. The number of para-hydroxylation sites is 1. The fraction of sp³-hybridized carbons (Fsp3) is 0.300. The van der Waals surface area contributed by atoms with Crippen LogP contribution in [0.5, 0.6) is 0 Å². The van der Waals surface area contributed by atoms with Crippen LogP contribution in [-0.2, 0) is 4.79 Å². The summed E-state index contributed by atoms with van der Waals surface area (Å²) in [5.41, 5.74) is 1.04. The summed E-state index contributed by atoms with van der Waals surface area (Å²) in [5, 5.41) is 6.04. The number of anilines is 1. The van der Waals surface area contributed by atoms with Gasteiger partial charge in [0.25, 0.3) is 0 Å². The average Bonchev–Trinajstić information content (AvgIpc) is 2.56. The third-order valence-electron chi connectivity index (χ3n) is 2.25. The summed E-state index contributed by atoms with van der Waals surface area (Å²) in [5.74, 6) is 0.102. The van der Waals surface area contributed by atoms with Gasteiger partial charge in [0.1, 0.15) is 6.04 Å². The van der Waals surface area contributed by atoms with Crippen molar-refractivity contribution in [1.29, 1.82) is 0 Å². The summed E-state index contributed by atoms with van der Waals surface area (Å²) in [6, 6.07) is 7.91. The monoisotopic (exact) mass is 302 g/mol. The summed E-state index contributed by atoms with van der Waals surface area (Å²) in [6.07, 6.45) is 0.865. The largest absolute Gasteiger partial charge is 0.373 e. The lowest BCUT2D eigenvalue weighted by molar-refractivity contribution is -0.119. The van der Waals surface area contributed by atoms with Crippen molar-refractivity contribution < 1.29 is 4.79 Å². The van der Waals surface area contributed by atoms with Crippen LogP contribution in [0.25, 0.3) is 0 Å². The Balaban J connectivity index is 2.10. The Bertz CT molecular complexity index is 354. The van der Waals surface area contributed by atoms with Crippen LogP contribution in [0.2, 0.25) is 0 Å². The highest BCUT2D eigenvalue weighted by atomic mass is 127. The molecule has 1 heterocycles. The van der Waals surface area contributed by atoms with Gasteiger partial charge in [-0.05, 0) is 41.1 Å². The minimum Gasteiger partial charge on any atom is -0.373 e. The van der Waals surface area contributed by atoms with E-state index in [4.69, 9.17) is 0 Å². The van der Waals surface area contributed by atoms with E-state index >= 15 is 0 Å². The maximum absolute atomic E-state index is 11.3. The van der Waals surface area contributed by atoms with Crippen LogP contribution in [0, 0.1) is 3.57 Å². The van der Waals surface area contributed by atoms with E-state index in [0.717, 1.165) is 22.2 Å². The standard InChI is InChI=1S/C10H11IN2O/c11-7-3-1-2-4-8(7)13-9-5-6-12-10(9)14/h1-4,9,13H,5-6H2,(H,12,14). The number of nitrogens with one attached hydrogen (secondary N) is 2. The molecule has 1 fully saturated rings. The van der Waals surface area contributed by atoms with Gasteiger partial charge >= 0.3 is 0 Å². The quantitative estimate of drug-likeness (QED) is 0.815. The van der Waals surface area contributed by atoms with E-state index in [-0.39, 0.29) is 11.9 Å². The summed E-state index contributed by atoms with van der Waals surface area (Å²) in [7, 11) is 0. The van der Waals surface area contributed by atoms with Crippen LogP contribution in [-0.4, -0.2) is 18.5 Å². The van der Waals surface area contributed by atoms with Crippen LogP contribution in [0.3, 0.4) is 0 Å². The number of hydrogen-bond donors (Lipinski definition) is 2. The Kier molecular flexibility index (Phi) is 2.90. The molecule has 0 saturated carbocycles. The molecule has 2 rings (SSSR count). The van der Waals surface area contributed by atoms with E-state index in [1.165, 1.54) is 0 Å². The Morgan fingerprint density at radius 3 is 2.86 bits per heavy atom. The number of benzene rings is 1. The number of carbonyl (C=O) groups excluding carboxylic acids is 1. The molecule has 1 aromatic rings. The lowest BCUT2D eigenvalue weighted by atomic mass is 10.2. The van der Waals surface area contributed by atoms with Gasteiger partial charge in [0.15, 0.2) is 0 Å². The maximum Gasteiger partial charge on any atom is 0.242 e. The van der Waals surface area contributed by atoms with Crippen molar-refractivity contribution >= 4 is 34.2 Å². The molecule has 1 aliphatic heterocycles. The van der Waals surface area contributed by atoms with Gasteiger partial charge in [0, 0.05) is 15.8 Å². The van der Waals surface area contributed by atoms with E-state index in [1.54, 1.807) is 0 Å². The molecule has 0 aliphatic carbocycles. The number of halogens is 1. The zero-order chi connectivity index (χ0) is 9.97. The first-order valence-electron chi connectivity index (χ1n) is 4.56. The van der Waals surface area contributed by atoms with E-state index in [9.17, 15) is 4.79 Å². The molecule has 0 spiro atoms. The second-order valence-electron chi connectivity index (χ2n) is 3.26. The predicted octanol–water partition coefficient (Wildman–Crippen LogP) is 1.59. The Hall–Kier alpha value is -0.780. The van der Waals surface area contributed by atoms with E-state index in [0.29, 0.717) is 0 Å². The number of hydrogen-bond acceptors (Lipinski definition) is 2. The Morgan fingerprint density at radius 1 is 1.43 bits per heavy atom. The minimum atomic E-state index is -0.0640. The Morgan fingerprint density at radius 2 is 2.21 bits per heavy atom. The van der Waals surface area contributed by atoms with Crippen LogP contribution < -0.4 is 10.6 Å².